The summed E-state index contributed by atoms with van der Waals surface area (Å²) in [6.07, 6.45) is 2.86. The molecule has 0 saturated heterocycles. The molecule has 0 amide bonds. The predicted octanol–water partition coefficient (Wildman–Crippen LogP) is 0.0118. The number of H-pyrrole nitrogens is 1. The fourth-order valence-electron chi connectivity index (χ4n) is 3.16. The Kier molecular flexibility index (Phi) is 3.33. The van der Waals surface area contributed by atoms with Crippen molar-refractivity contribution in [2.24, 2.45) is 5.92 Å². The van der Waals surface area contributed by atoms with Crippen molar-refractivity contribution in [3.63, 3.8) is 0 Å². The van der Waals surface area contributed by atoms with Crippen LogP contribution < -0.4 is 5.73 Å². The van der Waals surface area contributed by atoms with E-state index in [1.54, 1.807) is 7.11 Å². The highest BCUT2D eigenvalue weighted by atomic mass is 16.5. The Morgan fingerprint density at radius 3 is 3.00 bits per heavy atom. The van der Waals surface area contributed by atoms with E-state index in [-0.39, 0.29) is 24.5 Å². The first-order valence-corrected chi connectivity index (χ1v) is 6.56. The van der Waals surface area contributed by atoms with Crippen LogP contribution in [-0.2, 0) is 4.74 Å². The maximum Gasteiger partial charge on any atom is 0.151 e. The molecule has 7 nitrogen and oxygen atoms in total. The normalized spacial score (nSPS) is 30.1. The van der Waals surface area contributed by atoms with E-state index in [4.69, 9.17) is 10.5 Å². The zero-order valence-corrected chi connectivity index (χ0v) is 11.2. The van der Waals surface area contributed by atoms with Crippen LogP contribution >= 0.6 is 0 Å². The van der Waals surface area contributed by atoms with E-state index in [0.717, 1.165) is 11.1 Å². The molecule has 1 aliphatic rings. The number of rotatable bonds is 3. The highest BCUT2D eigenvalue weighted by Crippen LogP contribution is 2.42. The lowest BCUT2D eigenvalue weighted by molar-refractivity contribution is -0.0225. The van der Waals surface area contributed by atoms with Crippen LogP contribution in [0.4, 0.5) is 5.82 Å². The molecule has 0 aliphatic heterocycles. The minimum Gasteiger partial charge on any atom is -0.396 e. The van der Waals surface area contributed by atoms with Gasteiger partial charge in [0.2, 0.25) is 0 Å². The Morgan fingerprint density at radius 2 is 2.30 bits per heavy atom. The second-order valence-electron chi connectivity index (χ2n) is 5.20. The Labute approximate surface area is 115 Å². The average molecular weight is 278 g/mol. The minimum atomic E-state index is -0.681. The molecule has 0 radical (unpaired) electrons. The van der Waals surface area contributed by atoms with Gasteiger partial charge in [-0.25, -0.2) is 9.97 Å². The maximum absolute atomic E-state index is 10.2. The van der Waals surface area contributed by atoms with Crippen molar-refractivity contribution in [1.82, 2.24) is 15.0 Å². The van der Waals surface area contributed by atoms with Gasteiger partial charge in [-0.1, -0.05) is 0 Å². The molecule has 0 unspecified atom stereocenters. The molecular formula is C13H18N4O3. The predicted molar refractivity (Wildman–Crippen MR) is 73.0 cm³/mol. The number of hydrogen-bond donors (Lipinski definition) is 4. The van der Waals surface area contributed by atoms with Gasteiger partial charge in [0.05, 0.1) is 17.7 Å². The molecule has 0 spiro atoms. The molecule has 2 aromatic heterocycles. The number of aliphatic hydroxyl groups is 2. The van der Waals surface area contributed by atoms with Crippen LogP contribution in [0, 0.1) is 5.92 Å². The number of aromatic amines is 1. The number of anilines is 1. The number of fused-ring (bicyclic) bond motifs is 1. The standard InChI is InChI=1S/C13H18N4O3/c1-20-12-7(2-6(4-18)11(12)19)8-3-15-10-9(8)16-5-17-13(10)14/h3,5-7,11-12,15,18-19H,2,4H2,1H3,(H2,14,16,17)/t6-,7+,11-,12+/m1/s1. The SMILES string of the molecule is CO[C@@H]1[C@H](O)[C@@H](CO)C[C@H]1c1c[nH]c2c(N)ncnc12. The second kappa shape index (κ2) is 5.01. The average Bonchev–Trinajstić information content (AvgIpc) is 3.00. The van der Waals surface area contributed by atoms with Crippen LogP contribution in [0.25, 0.3) is 11.0 Å². The molecule has 1 aliphatic carbocycles. The van der Waals surface area contributed by atoms with Crippen molar-refractivity contribution in [2.45, 2.75) is 24.5 Å². The molecule has 2 heterocycles. The molecule has 4 atom stereocenters. The topological polar surface area (TPSA) is 117 Å². The summed E-state index contributed by atoms with van der Waals surface area (Å²) in [6.45, 7) is -0.0585. The summed E-state index contributed by atoms with van der Waals surface area (Å²) in [4.78, 5) is 11.3. The van der Waals surface area contributed by atoms with Gasteiger partial charge in [-0.3, -0.25) is 0 Å². The molecule has 3 rings (SSSR count). The Morgan fingerprint density at radius 1 is 1.50 bits per heavy atom. The second-order valence-corrected chi connectivity index (χ2v) is 5.20. The number of methoxy groups -OCH3 is 1. The molecule has 5 N–H and O–H groups in total. The molecule has 1 saturated carbocycles. The first-order valence-electron chi connectivity index (χ1n) is 6.56. The Balaban J connectivity index is 2.04. The van der Waals surface area contributed by atoms with Crippen LogP contribution in [0.15, 0.2) is 12.5 Å². The van der Waals surface area contributed by atoms with Gasteiger partial charge in [0.25, 0.3) is 0 Å². The van der Waals surface area contributed by atoms with E-state index in [1.807, 2.05) is 6.20 Å². The van der Waals surface area contributed by atoms with Crippen LogP contribution in [0.1, 0.15) is 17.9 Å². The third-order valence-electron chi connectivity index (χ3n) is 4.20. The summed E-state index contributed by atoms with van der Waals surface area (Å²) in [5.74, 6) is 0.178. The fourth-order valence-corrected chi connectivity index (χ4v) is 3.16. The van der Waals surface area contributed by atoms with Gasteiger partial charge in [-0.05, 0) is 6.42 Å². The first-order chi connectivity index (χ1) is 9.67. The molecule has 7 heteroatoms. The zero-order valence-electron chi connectivity index (χ0n) is 11.2. The molecule has 108 valence electrons. The van der Waals surface area contributed by atoms with Gasteiger partial charge in [-0.2, -0.15) is 0 Å². The number of nitrogens with two attached hydrogens (primary N) is 1. The first kappa shape index (κ1) is 13.3. The maximum atomic E-state index is 10.2. The van der Waals surface area contributed by atoms with Crippen molar-refractivity contribution in [3.05, 3.63) is 18.1 Å². The van der Waals surface area contributed by atoms with Gasteiger partial charge in [0, 0.05) is 37.3 Å². The molecule has 20 heavy (non-hydrogen) atoms. The highest BCUT2D eigenvalue weighted by molar-refractivity contribution is 5.87. The van der Waals surface area contributed by atoms with Crippen LogP contribution in [0.2, 0.25) is 0 Å². The number of ether oxygens (including phenoxy) is 1. The summed E-state index contributed by atoms with van der Waals surface area (Å²) < 4.78 is 5.42. The lowest BCUT2D eigenvalue weighted by Gasteiger charge is -2.20. The van der Waals surface area contributed by atoms with E-state index in [1.165, 1.54) is 6.33 Å². The third kappa shape index (κ3) is 1.86. The number of aromatic nitrogens is 3. The number of hydrogen-bond acceptors (Lipinski definition) is 6. The van der Waals surface area contributed by atoms with Crippen LogP contribution in [0.5, 0.6) is 0 Å². The summed E-state index contributed by atoms with van der Waals surface area (Å²) in [5.41, 5.74) is 8.19. The Bertz CT molecular complexity index is 615. The van der Waals surface area contributed by atoms with E-state index in [2.05, 4.69) is 15.0 Å². The monoisotopic (exact) mass is 278 g/mol. The van der Waals surface area contributed by atoms with Crippen molar-refractivity contribution >= 4 is 16.9 Å². The van der Waals surface area contributed by atoms with Gasteiger partial charge in [-0.15, -0.1) is 0 Å². The summed E-state index contributed by atoms with van der Waals surface area (Å²) in [6, 6.07) is 0. The van der Waals surface area contributed by atoms with Crippen molar-refractivity contribution < 1.29 is 14.9 Å². The number of nitrogens with zero attached hydrogens (tertiary/aromatic N) is 2. The number of aliphatic hydroxyl groups excluding tert-OH is 2. The summed E-state index contributed by atoms with van der Waals surface area (Å²) in [5, 5.41) is 19.5. The van der Waals surface area contributed by atoms with Gasteiger partial charge in [0.1, 0.15) is 11.8 Å². The molecule has 2 aromatic rings. The zero-order chi connectivity index (χ0) is 14.3. The van der Waals surface area contributed by atoms with Crippen molar-refractivity contribution in [3.8, 4) is 0 Å². The highest BCUT2D eigenvalue weighted by Gasteiger charge is 2.44. The minimum absolute atomic E-state index is 0.0322. The lowest BCUT2D eigenvalue weighted by Crippen LogP contribution is -2.30. The van der Waals surface area contributed by atoms with Crippen molar-refractivity contribution in [1.29, 1.82) is 0 Å². The third-order valence-corrected chi connectivity index (χ3v) is 4.20. The Hall–Kier alpha value is -1.70. The molecule has 0 bridgehead atoms. The fraction of sp³-hybridized carbons (Fsp3) is 0.538. The summed E-state index contributed by atoms with van der Waals surface area (Å²) >= 11 is 0. The quantitative estimate of drug-likeness (QED) is 0.628. The van der Waals surface area contributed by atoms with E-state index < -0.39 is 6.10 Å². The number of nitrogen functional groups attached to an aromatic ring is 1. The van der Waals surface area contributed by atoms with E-state index in [0.29, 0.717) is 17.8 Å². The van der Waals surface area contributed by atoms with Crippen LogP contribution in [0.3, 0.4) is 0 Å². The summed E-state index contributed by atoms with van der Waals surface area (Å²) in [7, 11) is 1.57. The molecular weight excluding hydrogens is 260 g/mol. The van der Waals surface area contributed by atoms with Gasteiger partial charge < -0.3 is 25.7 Å². The van der Waals surface area contributed by atoms with Crippen LogP contribution in [-0.4, -0.2) is 51.1 Å². The molecule has 1 fully saturated rings. The van der Waals surface area contributed by atoms with Gasteiger partial charge >= 0.3 is 0 Å². The van der Waals surface area contributed by atoms with E-state index >= 15 is 0 Å². The smallest absolute Gasteiger partial charge is 0.151 e. The largest absolute Gasteiger partial charge is 0.396 e. The lowest BCUT2D eigenvalue weighted by atomic mass is 9.96. The van der Waals surface area contributed by atoms with Gasteiger partial charge in [0.15, 0.2) is 5.82 Å². The van der Waals surface area contributed by atoms with Crippen molar-refractivity contribution in [2.75, 3.05) is 19.5 Å². The van der Waals surface area contributed by atoms with E-state index in [9.17, 15) is 10.2 Å². The number of nitrogens with one attached hydrogen (secondary N) is 1. The molecule has 0 aromatic carbocycles.